The van der Waals surface area contributed by atoms with Gasteiger partial charge in [-0.1, -0.05) is 66.5 Å². The lowest BCUT2D eigenvalue weighted by Gasteiger charge is -2.36. The summed E-state index contributed by atoms with van der Waals surface area (Å²) >= 11 is 0. The first kappa shape index (κ1) is 12.6. The maximum absolute atomic E-state index is 3.38. The highest BCUT2D eigenvalue weighted by Gasteiger charge is 2.57. The van der Waals surface area contributed by atoms with Crippen LogP contribution in [-0.4, -0.2) is 0 Å². The third kappa shape index (κ3) is 1.22. The Hall–Kier alpha value is -2.78. The SMILES string of the molecule is C1#CCC2=C(C=C1)C1=C(CC=C1)C21c2ccccc2C2=CC=CC21. The van der Waals surface area contributed by atoms with Crippen LogP contribution in [0.1, 0.15) is 24.0 Å². The van der Waals surface area contributed by atoms with Crippen LogP contribution in [0.25, 0.3) is 5.57 Å². The molecule has 1 aromatic carbocycles. The first-order valence-corrected chi connectivity index (χ1v) is 8.69. The average Bonchev–Trinajstić information content (AvgIpc) is 3.32. The molecule has 0 saturated carbocycles. The van der Waals surface area contributed by atoms with Crippen LogP contribution in [0, 0.1) is 17.8 Å². The van der Waals surface area contributed by atoms with Gasteiger partial charge in [0, 0.05) is 12.3 Å². The van der Waals surface area contributed by atoms with E-state index in [1.807, 2.05) is 6.08 Å². The van der Waals surface area contributed by atoms with Crippen molar-refractivity contribution in [2.75, 3.05) is 0 Å². The molecule has 0 nitrogen and oxygen atoms in total. The van der Waals surface area contributed by atoms with E-state index in [0.717, 1.165) is 12.8 Å². The summed E-state index contributed by atoms with van der Waals surface area (Å²) in [6.07, 6.45) is 17.9. The number of fused-ring (bicyclic) bond motifs is 8. The zero-order valence-corrected chi connectivity index (χ0v) is 13.3. The minimum absolute atomic E-state index is 0.00699. The van der Waals surface area contributed by atoms with Gasteiger partial charge in [0.15, 0.2) is 0 Å². The topological polar surface area (TPSA) is 0 Å². The number of benzene rings is 1. The van der Waals surface area contributed by atoms with Crippen molar-refractivity contribution < 1.29 is 0 Å². The van der Waals surface area contributed by atoms with E-state index in [4.69, 9.17) is 0 Å². The van der Waals surface area contributed by atoms with E-state index in [1.54, 1.807) is 5.57 Å². The van der Waals surface area contributed by atoms with Crippen LogP contribution in [0.3, 0.4) is 0 Å². The normalized spacial score (nSPS) is 30.2. The van der Waals surface area contributed by atoms with Gasteiger partial charge >= 0.3 is 0 Å². The second-order valence-corrected chi connectivity index (χ2v) is 7.06. The van der Waals surface area contributed by atoms with E-state index in [2.05, 4.69) is 72.6 Å². The summed E-state index contributed by atoms with van der Waals surface area (Å²) < 4.78 is 0. The molecule has 6 rings (SSSR count). The lowest BCUT2D eigenvalue weighted by molar-refractivity contribution is 0.532. The van der Waals surface area contributed by atoms with Crippen LogP contribution in [0.2, 0.25) is 0 Å². The quantitative estimate of drug-likeness (QED) is 0.589. The van der Waals surface area contributed by atoms with Crippen LogP contribution in [0.5, 0.6) is 0 Å². The van der Waals surface area contributed by atoms with Gasteiger partial charge in [-0.05, 0) is 57.6 Å². The summed E-state index contributed by atoms with van der Waals surface area (Å²) in [6, 6.07) is 9.02. The third-order valence-corrected chi connectivity index (χ3v) is 6.24. The Morgan fingerprint density at radius 2 is 1.96 bits per heavy atom. The molecule has 5 aliphatic rings. The van der Waals surface area contributed by atoms with Crippen LogP contribution in [-0.2, 0) is 5.41 Å². The molecule has 0 saturated heterocycles. The first-order chi connectivity index (χ1) is 11.9. The maximum Gasteiger partial charge on any atom is 0.0510 e. The van der Waals surface area contributed by atoms with Crippen molar-refractivity contribution in [1.29, 1.82) is 0 Å². The van der Waals surface area contributed by atoms with Crippen LogP contribution in [0.15, 0.2) is 89.1 Å². The molecule has 0 heteroatoms. The van der Waals surface area contributed by atoms with Crippen LogP contribution in [0.4, 0.5) is 0 Å². The summed E-state index contributed by atoms with van der Waals surface area (Å²) in [5.41, 5.74) is 10.4. The van der Waals surface area contributed by atoms with Crippen molar-refractivity contribution in [1.82, 2.24) is 0 Å². The van der Waals surface area contributed by atoms with Crippen molar-refractivity contribution in [2.24, 2.45) is 5.92 Å². The fourth-order valence-corrected chi connectivity index (χ4v) is 5.50. The molecule has 2 unspecified atom stereocenters. The Morgan fingerprint density at radius 1 is 1.04 bits per heavy atom. The van der Waals surface area contributed by atoms with Gasteiger partial charge in [-0.25, -0.2) is 0 Å². The molecule has 0 fully saturated rings. The van der Waals surface area contributed by atoms with Crippen molar-refractivity contribution in [2.45, 2.75) is 18.3 Å². The molecule has 0 radical (unpaired) electrons. The number of rotatable bonds is 0. The summed E-state index contributed by atoms with van der Waals surface area (Å²) in [6.45, 7) is 0. The van der Waals surface area contributed by atoms with Gasteiger partial charge in [-0.2, -0.15) is 0 Å². The third-order valence-electron chi connectivity index (χ3n) is 6.24. The van der Waals surface area contributed by atoms with Crippen molar-refractivity contribution in [3.05, 3.63) is 100 Å². The molecule has 112 valence electrons. The van der Waals surface area contributed by atoms with Crippen molar-refractivity contribution >= 4 is 5.57 Å². The smallest absolute Gasteiger partial charge is 0.0510 e. The van der Waals surface area contributed by atoms with Crippen molar-refractivity contribution in [3.63, 3.8) is 0 Å². The Morgan fingerprint density at radius 3 is 2.96 bits per heavy atom. The van der Waals surface area contributed by atoms with Crippen LogP contribution < -0.4 is 0 Å². The lowest BCUT2D eigenvalue weighted by Crippen LogP contribution is -2.33. The monoisotopic (exact) mass is 304 g/mol. The standard InChI is InChI=1S/C24H16/c1-2-8-16-18-10-6-14-22(18)24(20(16)12-3-1)21-13-5-4-9-17(21)19-11-7-15-23(19)24/h2,4-11,13,15,23H,12,14H2. The minimum Gasteiger partial charge on any atom is -0.0940 e. The molecular formula is C24H16. The molecule has 0 N–H and O–H groups in total. The van der Waals surface area contributed by atoms with E-state index < -0.39 is 0 Å². The number of hydrogen-bond acceptors (Lipinski definition) is 0. The van der Waals surface area contributed by atoms with E-state index in [9.17, 15) is 0 Å². The summed E-state index contributed by atoms with van der Waals surface area (Å²) in [7, 11) is 0. The van der Waals surface area contributed by atoms with Crippen molar-refractivity contribution in [3.8, 4) is 11.8 Å². The van der Waals surface area contributed by atoms with E-state index in [0.29, 0.717) is 5.92 Å². The van der Waals surface area contributed by atoms with E-state index in [-0.39, 0.29) is 5.41 Å². The molecule has 5 aliphatic carbocycles. The van der Waals surface area contributed by atoms with Gasteiger partial charge in [-0.15, -0.1) is 0 Å². The Kier molecular flexibility index (Phi) is 2.20. The average molecular weight is 304 g/mol. The summed E-state index contributed by atoms with van der Waals surface area (Å²) in [5, 5.41) is 0. The van der Waals surface area contributed by atoms with Gasteiger partial charge in [0.05, 0.1) is 5.41 Å². The van der Waals surface area contributed by atoms with Gasteiger partial charge < -0.3 is 0 Å². The highest BCUT2D eigenvalue weighted by molar-refractivity contribution is 5.89. The molecule has 0 heterocycles. The molecule has 0 bridgehead atoms. The highest BCUT2D eigenvalue weighted by atomic mass is 14.6. The minimum atomic E-state index is -0.00699. The van der Waals surface area contributed by atoms with Gasteiger partial charge in [0.2, 0.25) is 0 Å². The van der Waals surface area contributed by atoms with Gasteiger partial charge in [0.1, 0.15) is 0 Å². The Labute approximate surface area is 142 Å². The van der Waals surface area contributed by atoms with Crippen LogP contribution >= 0.6 is 0 Å². The second-order valence-electron chi connectivity index (χ2n) is 7.06. The largest absolute Gasteiger partial charge is 0.0940 e. The zero-order chi connectivity index (χ0) is 15.7. The summed E-state index contributed by atoms with van der Waals surface area (Å²) in [5.74, 6) is 7.01. The number of hydrogen-bond donors (Lipinski definition) is 0. The zero-order valence-electron chi connectivity index (χ0n) is 13.3. The fourth-order valence-electron chi connectivity index (χ4n) is 5.50. The molecular weight excluding hydrogens is 288 g/mol. The second kappa shape index (κ2) is 4.19. The molecule has 0 aliphatic heterocycles. The number of allylic oxidation sites excluding steroid dienone is 12. The highest BCUT2D eigenvalue weighted by Crippen LogP contribution is 2.66. The molecule has 24 heavy (non-hydrogen) atoms. The molecule has 2 atom stereocenters. The molecule has 0 aromatic heterocycles. The maximum atomic E-state index is 3.38. The summed E-state index contributed by atoms with van der Waals surface area (Å²) in [4.78, 5) is 0. The molecule has 1 aromatic rings. The van der Waals surface area contributed by atoms with Gasteiger partial charge in [-0.3, -0.25) is 0 Å². The molecule has 0 amide bonds. The predicted molar refractivity (Wildman–Crippen MR) is 98.1 cm³/mol. The lowest BCUT2D eigenvalue weighted by atomic mass is 9.65. The first-order valence-electron chi connectivity index (χ1n) is 8.69. The fraction of sp³-hybridized carbons (Fsp3) is 0.167. The van der Waals surface area contributed by atoms with Gasteiger partial charge in [0.25, 0.3) is 0 Å². The molecule has 1 spiro atoms. The van der Waals surface area contributed by atoms with E-state index in [1.165, 1.54) is 33.4 Å². The van der Waals surface area contributed by atoms with E-state index >= 15 is 0 Å². The Balaban J connectivity index is 1.76. The Bertz CT molecular complexity index is 1050. The predicted octanol–water partition coefficient (Wildman–Crippen LogP) is 5.04.